The molecule has 18 heavy (non-hydrogen) atoms. The smallest absolute Gasteiger partial charge is 0.123 e. The molecule has 0 amide bonds. The predicted molar refractivity (Wildman–Crippen MR) is 74.8 cm³/mol. The summed E-state index contributed by atoms with van der Waals surface area (Å²) >= 11 is 0. The fraction of sp³-hybridized carbons (Fsp3) is 0.600. The molecular weight excluding hydrogens is 224 g/mol. The van der Waals surface area contributed by atoms with Crippen LogP contribution in [0.1, 0.15) is 44.2 Å². The third-order valence-electron chi connectivity index (χ3n) is 3.83. The van der Waals surface area contributed by atoms with E-state index in [2.05, 4.69) is 24.4 Å². The van der Waals surface area contributed by atoms with E-state index in [0.29, 0.717) is 18.1 Å². The zero-order chi connectivity index (χ0) is 13.0. The average Bonchev–Trinajstić information content (AvgIpc) is 2.81. The van der Waals surface area contributed by atoms with E-state index in [1.165, 1.54) is 12.0 Å². The summed E-state index contributed by atoms with van der Waals surface area (Å²) in [5.74, 6) is 0.971. The number of rotatable bonds is 5. The Balaban J connectivity index is 2.08. The van der Waals surface area contributed by atoms with Crippen LogP contribution in [0.3, 0.4) is 0 Å². The molecule has 1 fully saturated rings. The molecule has 1 aromatic carbocycles. The number of methoxy groups -OCH3 is 1. The maximum atomic E-state index is 5.97. The first-order valence-electron chi connectivity index (χ1n) is 6.89. The molecule has 100 valence electrons. The van der Waals surface area contributed by atoms with Gasteiger partial charge in [-0.2, -0.15) is 0 Å². The van der Waals surface area contributed by atoms with Crippen LogP contribution in [0, 0.1) is 0 Å². The molecule has 1 aliphatic carbocycles. The van der Waals surface area contributed by atoms with Gasteiger partial charge in [0.05, 0.1) is 7.11 Å². The summed E-state index contributed by atoms with van der Waals surface area (Å²) in [5.41, 5.74) is 7.23. The molecule has 0 bridgehead atoms. The number of nitrogens with two attached hydrogens (primary N) is 1. The van der Waals surface area contributed by atoms with Crippen molar-refractivity contribution in [3.05, 3.63) is 29.8 Å². The van der Waals surface area contributed by atoms with Crippen molar-refractivity contribution in [2.45, 2.75) is 50.7 Å². The molecule has 1 aliphatic rings. The molecule has 0 aliphatic heterocycles. The van der Waals surface area contributed by atoms with E-state index in [0.717, 1.165) is 25.0 Å². The second-order valence-electron chi connectivity index (χ2n) is 5.14. The lowest BCUT2D eigenvalue weighted by Crippen LogP contribution is -2.32. The molecule has 1 aromatic rings. The Morgan fingerprint density at radius 3 is 2.78 bits per heavy atom. The van der Waals surface area contributed by atoms with E-state index in [-0.39, 0.29) is 0 Å². The second kappa shape index (κ2) is 6.21. The molecule has 3 N–H and O–H groups in total. The van der Waals surface area contributed by atoms with Gasteiger partial charge in [0.2, 0.25) is 0 Å². The van der Waals surface area contributed by atoms with Gasteiger partial charge in [0.15, 0.2) is 0 Å². The number of hydrogen-bond donors (Lipinski definition) is 2. The second-order valence-corrected chi connectivity index (χ2v) is 5.14. The van der Waals surface area contributed by atoms with Crippen LogP contribution in [0.25, 0.3) is 0 Å². The third-order valence-corrected chi connectivity index (χ3v) is 3.83. The lowest BCUT2D eigenvalue weighted by molar-refractivity contribution is 0.382. The lowest BCUT2D eigenvalue weighted by atomic mass is 10.0. The van der Waals surface area contributed by atoms with E-state index in [1.54, 1.807) is 7.11 Å². The van der Waals surface area contributed by atoms with Crippen LogP contribution >= 0.6 is 0 Å². The highest BCUT2D eigenvalue weighted by Crippen LogP contribution is 2.29. The highest BCUT2D eigenvalue weighted by molar-refractivity contribution is 5.35. The summed E-state index contributed by atoms with van der Waals surface area (Å²) in [4.78, 5) is 0. The largest absolute Gasteiger partial charge is 0.496 e. The molecule has 3 heteroatoms. The van der Waals surface area contributed by atoms with Crippen molar-refractivity contribution in [2.75, 3.05) is 7.11 Å². The number of nitrogens with one attached hydrogen (secondary N) is 1. The molecule has 3 nitrogen and oxygen atoms in total. The van der Waals surface area contributed by atoms with Gasteiger partial charge in [0, 0.05) is 23.7 Å². The van der Waals surface area contributed by atoms with E-state index >= 15 is 0 Å². The summed E-state index contributed by atoms with van der Waals surface area (Å²) in [6, 6.07) is 9.54. The van der Waals surface area contributed by atoms with Gasteiger partial charge in [-0.3, -0.25) is 0 Å². The molecule has 3 atom stereocenters. The molecule has 2 rings (SSSR count). The van der Waals surface area contributed by atoms with Crippen LogP contribution in [0.4, 0.5) is 0 Å². The van der Waals surface area contributed by atoms with Crippen LogP contribution < -0.4 is 15.8 Å². The molecule has 0 saturated heterocycles. The maximum absolute atomic E-state index is 5.97. The number of para-hydroxylation sites is 1. The van der Waals surface area contributed by atoms with Crippen molar-refractivity contribution in [1.82, 2.24) is 5.32 Å². The first-order chi connectivity index (χ1) is 8.74. The van der Waals surface area contributed by atoms with E-state index in [9.17, 15) is 0 Å². The Kier molecular flexibility index (Phi) is 4.61. The fourth-order valence-corrected chi connectivity index (χ4v) is 2.83. The minimum absolute atomic E-state index is 0.358. The molecule has 0 spiro atoms. The zero-order valence-corrected chi connectivity index (χ0v) is 11.4. The molecule has 0 radical (unpaired) electrons. The standard InChI is InChI=1S/C15H24N2O/c1-3-14(17-12-9-8-11(16)10-12)13-6-4-5-7-15(13)18-2/h4-7,11-12,14,17H,3,8-10,16H2,1-2H3. The molecule has 0 aromatic heterocycles. The van der Waals surface area contributed by atoms with Crippen LogP contribution in [-0.2, 0) is 0 Å². The van der Waals surface area contributed by atoms with Crippen LogP contribution in [0.15, 0.2) is 24.3 Å². The molecule has 3 unspecified atom stereocenters. The van der Waals surface area contributed by atoms with Gasteiger partial charge < -0.3 is 15.8 Å². The van der Waals surface area contributed by atoms with Gasteiger partial charge in [-0.15, -0.1) is 0 Å². The summed E-state index contributed by atoms with van der Waals surface area (Å²) in [6.45, 7) is 2.21. The predicted octanol–water partition coefficient (Wildman–Crippen LogP) is 2.62. The van der Waals surface area contributed by atoms with Gasteiger partial charge in [-0.1, -0.05) is 25.1 Å². The molecule has 0 heterocycles. The van der Waals surface area contributed by atoms with Gasteiger partial charge in [0.25, 0.3) is 0 Å². The van der Waals surface area contributed by atoms with E-state index in [1.807, 2.05) is 12.1 Å². The topological polar surface area (TPSA) is 47.3 Å². The third kappa shape index (κ3) is 3.03. The monoisotopic (exact) mass is 248 g/mol. The first-order valence-corrected chi connectivity index (χ1v) is 6.89. The minimum Gasteiger partial charge on any atom is -0.496 e. The Bertz CT molecular complexity index is 381. The van der Waals surface area contributed by atoms with Crippen molar-refractivity contribution in [2.24, 2.45) is 5.73 Å². The number of ether oxygens (including phenoxy) is 1. The fourth-order valence-electron chi connectivity index (χ4n) is 2.83. The van der Waals surface area contributed by atoms with Crippen molar-refractivity contribution >= 4 is 0 Å². The number of hydrogen-bond acceptors (Lipinski definition) is 3. The lowest BCUT2D eigenvalue weighted by Gasteiger charge is -2.24. The minimum atomic E-state index is 0.358. The number of benzene rings is 1. The van der Waals surface area contributed by atoms with Crippen LogP contribution in [-0.4, -0.2) is 19.2 Å². The van der Waals surface area contributed by atoms with E-state index < -0.39 is 0 Å². The van der Waals surface area contributed by atoms with Gasteiger partial charge >= 0.3 is 0 Å². The van der Waals surface area contributed by atoms with Gasteiger partial charge in [-0.25, -0.2) is 0 Å². The van der Waals surface area contributed by atoms with Gasteiger partial charge in [-0.05, 0) is 31.7 Å². The Labute approximate surface area is 110 Å². The summed E-state index contributed by atoms with van der Waals surface area (Å²) in [7, 11) is 1.73. The first kappa shape index (κ1) is 13.4. The van der Waals surface area contributed by atoms with Crippen LogP contribution in [0.2, 0.25) is 0 Å². The summed E-state index contributed by atoms with van der Waals surface area (Å²) in [6.07, 6.45) is 4.48. The van der Waals surface area contributed by atoms with E-state index in [4.69, 9.17) is 10.5 Å². The molecular formula is C15H24N2O. The van der Waals surface area contributed by atoms with Crippen molar-refractivity contribution in [3.8, 4) is 5.75 Å². The zero-order valence-electron chi connectivity index (χ0n) is 11.4. The normalized spacial score (nSPS) is 25.1. The Morgan fingerprint density at radius 1 is 1.39 bits per heavy atom. The summed E-state index contributed by atoms with van der Waals surface area (Å²) in [5, 5.41) is 3.73. The Morgan fingerprint density at radius 2 is 2.17 bits per heavy atom. The molecule has 1 saturated carbocycles. The maximum Gasteiger partial charge on any atom is 0.123 e. The highest BCUT2D eigenvalue weighted by atomic mass is 16.5. The quantitative estimate of drug-likeness (QED) is 0.842. The van der Waals surface area contributed by atoms with Gasteiger partial charge in [0.1, 0.15) is 5.75 Å². The van der Waals surface area contributed by atoms with Crippen LogP contribution in [0.5, 0.6) is 5.75 Å². The van der Waals surface area contributed by atoms with Crippen molar-refractivity contribution < 1.29 is 4.74 Å². The summed E-state index contributed by atoms with van der Waals surface area (Å²) < 4.78 is 5.45. The highest BCUT2D eigenvalue weighted by Gasteiger charge is 2.24. The Hall–Kier alpha value is -1.06. The SMILES string of the molecule is CCC(NC1CCC(N)C1)c1ccccc1OC. The van der Waals surface area contributed by atoms with Crippen molar-refractivity contribution in [1.29, 1.82) is 0 Å². The average molecular weight is 248 g/mol. The van der Waals surface area contributed by atoms with Crippen molar-refractivity contribution in [3.63, 3.8) is 0 Å².